The van der Waals surface area contributed by atoms with Crippen LogP contribution in [0.25, 0.3) is 0 Å². The van der Waals surface area contributed by atoms with Crippen molar-refractivity contribution >= 4 is 12.4 Å². The smallest absolute Gasteiger partial charge is 0.0388 e. The van der Waals surface area contributed by atoms with Crippen LogP contribution in [0, 0.1) is 0 Å². The highest BCUT2D eigenvalue weighted by molar-refractivity contribution is 5.62. The Balaban J connectivity index is 0.000000112. The van der Waals surface area contributed by atoms with E-state index in [1.54, 1.807) is 6.20 Å². The van der Waals surface area contributed by atoms with Crippen molar-refractivity contribution in [2.24, 2.45) is 9.98 Å². The summed E-state index contributed by atoms with van der Waals surface area (Å²) in [4.78, 5) is 7.74. The third kappa shape index (κ3) is 7.67. The van der Waals surface area contributed by atoms with Crippen molar-refractivity contribution in [3.05, 3.63) is 24.6 Å². The second-order valence-electron chi connectivity index (χ2n) is 3.33. The van der Waals surface area contributed by atoms with E-state index in [9.17, 15) is 0 Å². The Labute approximate surface area is 91.7 Å². The molecule has 0 bridgehead atoms. The Hall–Kier alpha value is -1.38. The summed E-state index contributed by atoms with van der Waals surface area (Å²) in [7, 11) is 0. The van der Waals surface area contributed by atoms with Gasteiger partial charge in [0.25, 0.3) is 0 Å². The van der Waals surface area contributed by atoms with Crippen molar-refractivity contribution < 1.29 is 0 Å². The Morgan fingerprint density at radius 1 is 1.07 bits per heavy atom. The zero-order chi connectivity index (χ0) is 10.6. The molecule has 0 aromatic rings. The molecule has 0 saturated carbocycles. The lowest BCUT2D eigenvalue weighted by Gasteiger charge is -1.78. The number of allylic oxidation sites excluding steroid dienone is 1. The van der Waals surface area contributed by atoms with Crippen LogP contribution in [0.4, 0.5) is 0 Å². The van der Waals surface area contributed by atoms with Crippen LogP contribution < -0.4 is 5.32 Å². The highest BCUT2D eigenvalue weighted by Crippen LogP contribution is 1.92. The molecule has 3 aliphatic heterocycles. The van der Waals surface area contributed by atoms with Crippen molar-refractivity contribution in [2.75, 3.05) is 13.1 Å². The number of hydrogen-bond donors (Lipinski definition) is 1. The summed E-state index contributed by atoms with van der Waals surface area (Å²) in [6.07, 6.45) is 16.5. The predicted molar refractivity (Wildman–Crippen MR) is 66.6 cm³/mol. The minimum atomic E-state index is 1.03. The van der Waals surface area contributed by atoms with Gasteiger partial charge >= 0.3 is 0 Å². The second kappa shape index (κ2) is 9.19. The maximum atomic E-state index is 3.96. The number of aliphatic imine (C=N–C) groups is 2. The van der Waals surface area contributed by atoms with Gasteiger partial charge in [0, 0.05) is 31.9 Å². The first-order chi connectivity index (χ1) is 7.50. The van der Waals surface area contributed by atoms with E-state index in [4.69, 9.17) is 0 Å². The summed E-state index contributed by atoms with van der Waals surface area (Å²) in [5.41, 5.74) is 0. The van der Waals surface area contributed by atoms with Gasteiger partial charge in [0.05, 0.1) is 0 Å². The van der Waals surface area contributed by atoms with Crippen molar-refractivity contribution in [3.63, 3.8) is 0 Å². The van der Waals surface area contributed by atoms with Gasteiger partial charge in [-0.1, -0.05) is 12.2 Å². The monoisotopic (exact) mass is 205 g/mol. The van der Waals surface area contributed by atoms with Crippen molar-refractivity contribution in [3.8, 4) is 0 Å². The lowest BCUT2D eigenvalue weighted by Crippen LogP contribution is -1.96. The quantitative estimate of drug-likeness (QED) is 0.647. The number of nitrogens with zero attached hydrogens (tertiary/aromatic N) is 2. The summed E-state index contributed by atoms with van der Waals surface area (Å²) in [6, 6.07) is 0. The van der Waals surface area contributed by atoms with Gasteiger partial charge in [0.15, 0.2) is 0 Å². The molecule has 0 fully saturated rings. The molecule has 0 atom stereocenters. The molecule has 0 aromatic carbocycles. The van der Waals surface area contributed by atoms with Crippen LogP contribution in [0.5, 0.6) is 0 Å². The first-order valence-corrected chi connectivity index (χ1v) is 5.53. The third-order valence-electron chi connectivity index (χ3n) is 1.98. The zero-order valence-electron chi connectivity index (χ0n) is 9.10. The molecule has 3 heterocycles. The lowest BCUT2D eigenvalue weighted by atomic mass is 10.4. The van der Waals surface area contributed by atoms with Crippen LogP contribution in [0.2, 0.25) is 0 Å². The van der Waals surface area contributed by atoms with Crippen LogP contribution >= 0.6 is 0 Å². The fourth-order valence-electron chi connectivity index (χ4n) is 1.18. The SMILES string of the molecule is C1=CN=CC1.C1=CNCC1.C1=NCCC1. The normalized spacial score (nSPS) is 19.2. The van der Waals surface area contributed by atoms with E-state index in [1.165, 1.54) is 19.3 Å². The molecule has 0 aliphatic carbocycles. The minimum Gasteiger partial charge on any atom is -0.391 e. The van der Waals surface area contributed by atoms with E-state index in [0.29, 0.717) is 0 Å². The molecule has 1 N–H and O–H groups in total. The zero-order valence-corrected chi connectivity index (χ0v) is 9.10. The van der Waals surface area contributed by atoms with Gasteiger partial charge < -0.3 is 5.32 Å². The molecule has 3 heteroatoms. The molecule has 0 spiro atoms. The van der Waals surface area contributed by atoms with Gasteiger partial charge in [0.1, 0.15) is 0 Å². The average Bonchev–Trinajstić information content (AvgIpc) is 3.09. The topological polar surface area (TPSA) is 36.8 Å². The number of hydrogen-bond acceptors (Lipinski definition) is 3. The maximum absolute atomic E-state index is 3.96. The van der Waals surface area contributed by atoms with E-state index < -0.39 is 0 Å². The van der Waals surface area contributed by atoms with Gasteiger partial charge in [0.2, 0.25) is 0 Å². The van der Waals surface area contributed by atoms with E-state index in [0.717, 1.165) is 19.5 Å². The van der Waals surface area contributed by atoms with Crippen molar-refractivity contribution in [1.82, 2.24) is 5.32 Å². The number of nitrogens with one attached hydrogen (secondary N) is 1. The van der Waals surface area contributed by atoms with E-state index in [-0.39, 0.29) is 0 Å². The van der Waals surface area contributed by atoms with Gasteiger partial charge in [-0.3, -0.25) is 9.98 Å². The maximum Gasteiger partial charge on any atom is 0.0388 e. The van der Waals surface area contributed by atoms with Crippen LogP contribution in [-0.4, -0.2) is 25.5 Å². The summed E-state index contributed by atoms with van der Waals surface area (Å²) < 4.78 is 0. The van der Waals surface area contributed by atoms with Gasteiger partial charge in [-0.2, -0.15) is 0 Å². The van der Waals surface area contributed by atoms with Crippen molar-refractivity contribution in [1.29, 1.82) is 0 Å². The summed E-state index contributed by atoms with van der Waals surface area (Å²) in [5.74, 6) is 0. The van der Waals surface area contributed by atoms with Crippen molar-refractivity contribution in [2.45, 2.75) is 25.7 Å². The molecule has 82 valence electrons. The highest BCUT2D eigenvalue weighted by Gasteiger charge is 1.85. The summed E-state index contributed by atoms with van der Waals surface area (Å²) >= 11 is 0. The van der Waals surface area contributed by atoms with Crippen LogP contribution in [-0.2, 0) is 0 Å². The molecule has 3 rings (SSSR count). The third-order valence-corrected chi connectivity index (χ3v) is 1.98. The second-order valence-corrected chi connectivity index (χ2v) is 3.33. The largest absolute Gasteiger partial charge is 0.391 e. The Morgan fingerprint density at radius 3 is 2.27 bits per heavy atom. The Kier molecular flexibility index (Phi) is 7.16. The molecule has 3 nitrogen and oxygen atoms in total. The van der Waals surface area contributed by atoms with Gasteiger partial charge in [-0.25, -0.2) is 0 Å². The van der Waals surface area contributed by atoms with E-state index in [2.05, 4.69) is 21.4 Å². The van der Waals surface area contributed by atoms with E-state index >= 15 is 0 Å². The molecule has 0 unspecified atom stereocenters. The lowest BCUT2D eigenvalue weighted by molar-refractivity contribution is 0.917. The predicted octanol–water partition coefficient (Wildman–Crippen LogP) is 2.32. The first kappa shape index (κ1) is 11.7. The molecule has 0 saturated heterocycles. The van der Waals surface area contributed by atoms with Crippen LogP contribution in [0.1, 0.15) is 25.7 Å². The van der Waals surface area contributed by atoms with Gasteiger partial charge in [-0.15, -0.1) is 0 Å². The summed E-state index contributed by atoms with van der Waals surface area (Å²) in [5, 5.41) is 3.04. The van der Waals surface area contributed by atoms with Crippen LogP contribution in [0.3, 0.4) is 0 Å². The first-order valence-electron chi connectivity index (χ1n) is 5.53. The Bertz CT molecular complexity index is 214. The molecule has 0 aromatic heterocycles. The highest BCUT2D eigenvalue weighted by atomic mass is 14.8. The number of rotatable bonds is 0. The fraction of sp³-hybridized carbons (Fsp3) is 0.500. The van der Waals surface area contributed by atoms with Crippen LogP contribution in [0.15, 0.2) is 34.5 Å². The molecule has 0 radical (unpaired) electrons. The molecular weight excluding hydrogens is 186 g/mol. The van der Waals surface area contributed by atoms with Gasteiger partial charge in [-0.05, 0) is 31.7 Å². The average molecular weight is 205 g/mol. The standard InChI is InChI=1S/2C4H7N.C4H5N/c3*1-2-4-5-3-1/h3H,1-2,4H2;1,3,5H,2,4H2;1,3-4H,2H2. The Morgan fingerprint density at radius 2 is 2.07 bits per heavy atom. The minimum absolute atomic E-state index is 1.03. The summed E-state index contributed by atoms with van der Waals surface area (Å²) in [6.45, 7) is 2.21. The molecule has 0 amide bonds. The molecule has 15 heavy (non-hydrogen) atoms. The van der Waals surface area contributed by atoms with E-state index in [1.807, 2.05) is 24.7 Å². The molecular formula is C12H19N3. The molecule has 3 aliphatic rings. The fourth-order valence-corrected chi connectivity index (χ4v) is 1.18.